The third-order valence-corrected chi connectivity index (χ3v) is 4.63. The van der Waals surface area contributed by atoms with Gasteiger partial charge in [-0.05, 0) is 35.2 Å². The van der Waals surface area contributed by atoms with Crippen molar-refractivity contribution in [1.82, 2.24) is 4.90 Å². The van der Waals surface area contributed by atoms with Gasteiger partial charge in [0, 0.05) is 50.6 Å². The summed E-state index contributed by atoms with van der Waals surface area (Å²) in [6.45, 7) is 0.235. The highest BCUT2D eigenvalue weighted by Gasteiger charge is 2.35. The Balaban J connectivity index is 2.05. The third-order valence-electron chi connectivity index (χ3n) is 3.99. The summed E-state index contributed by atoms with van der Waals surface area (Å²) in [5.74, 6) is 1.38. The van der Waals surface area contributed by atoms with Crippen LogP contribution in [0.25, 0.3) is 0 Å². The van der Waals surface area contributed by atoms with Crippen molar-refractivity contribution in [2.24, 2.45) is 0 Å². The first-order valence-corrected chi connectivity index (χ1v) is 8.32. The second kappa shape index (κ2) is 6.92. The van der Waals surface area contributed by atoms with E-state index in [1.807, 2.05) is 0 Å². The van der Waals surface area contributed by atoms with Gasteiger partial charge in [0.1, 0.15) is 11.6 Å². The van der Waals surface area contributed by atoms with Gasteiger partial charge in [-0.15, -0.1) is 0 Å². The first-order valence-electron chi connectivity index (χ1n) is 7.14. The highest BCUT2D eigenvalue weighted by molar-refractivity contribution is 9.12. The zero-order valence-corrected chi connectivity index (χ0v) is 14.7. The topological polar surface area (TPSA) is 20.3 Å². The van der Waals surface area contributed by atoms with Crippen molar-refractivity contribution in [2.75, 3.05) is 0 Å². The van der Waals surface area contributed by atoms with Gasteiger partial charge in [0.2, 0.25) is 0 Å². The zero-order chi connectivity index (χ0) is 17.3. The summed E-state index contributed by atoms with van der Waals surface area (Å²) < 4.78 is 27.8. The predicted molar refractivity (Wildman–Crippen MR) is 91.7 cm³/mol. The van der Waals surface area contributed by atoms with Crippen LogP contribution in [0.4, 0.5) is 8.78 Å². The Morgan fingerprint density at radius 3 is 2.79 bits per heavy atom. The lowest BCUT2D eigenvalue weighted by Crippen LogP contribution is -2.29. The Morgan fingerprint density at radius 1 is 1.29 bits per heavy atom. The van der Waals surface area contributed by atoms with Gasteiger partial charge in [0.25, 0.3) is 5.91 Å². The van der Waals surface area contributed by atoms with Crippen LogP contribution in [0, 0.1) is 22.4 Å². The second-order valence-electron chi connectivity index (χ2n) is 5.36. The van der Waals surface area contributed by atoms with Crippen molar-refractivity contribution < 1.29 is 13.6 Å². The van der Waals surface area contributed by atoms with Crippen LogP contribution in [-0.4, -0.2) is 10.8 Å². The molecule has 0 N–H and O–H groups in total. The van der Waals surface area contributed by atoms with Gasteiger partial charge in [-0.1, -0.05) is 23.6 Å². The Morgan fingerprint density at radius 2 is 2.08 bits per heavy atom. The first kappa shape index (κ1) is 16.9. The SMILES string of the molecule is O=C1c2cccc(Cl)c2CN1C(CC#CBr)c1cc(F)ccc1F. The van der Waals surface area contributed by atoms with E-state index in [0.717, 1.165) is 18.2 Å². The molecule has 24 heavy (non-hydrogen) atoms. The highest BCUT2D eigenvalue weighted by Crippen LogP contribution is 2.37. The maximum Gasteiger partial charge on any atom is 0.255 e. The summed E-state index contributed by atoms with van der Waals surface area (Å²) >= 11 is 9.16. The van der Waals surface area contributed by atoms with Crippen LogP contribution in [0.5, 0.6) is 0 Å². The van der Waals surface area contributed by atoms with Gasteiger partial charge in [-0.2, -0.15) is 0 Å². The van der Waals surface area contributed by atoms with Crippen LogP contribution in [0.2, 0.25) is 5.02 Å². The van der Waals surface area contributed by atoms with Crippen LogP contribution in [-0.2, 0) is 6.54 Å². The smallest absolute Gasteiger partial charge is 0.255 e. The Bertz CT molecular complexity index is 875. The number of hydrogen-bond donors (Lipinski definition) is 0. The molecule has 0 saturated heterocycles. The fraction of sp³-hybridized carbons (Fsp3) is 0.167. The molecule has 0 saturated carbocycles. The standard InChI is InChI=1S/C18H11BrClF2NO/c19-8-2-5-17(13-9-11(21)6-7-16(13)22)23-10-14-12(18(23)24)3-1-4-15(14)20/h1,3-4,6-7,9,17H,5,10H2. The molecule has 2 aromatic carbocycles. The molecule has 2 aromatic rings. The predicted octanol–water partition coefficient (Wildman–Crippen LogP) is 5.06. The monoisotopic (exact) mass is 409 g/mol. The molecule has 0 aromatic heterocycles. The molecule has 1 heterocycles. The van der Waals surface area contributed by atoms with Crippen molar-refractivity contribution in [3.8, 4) is 10.8 Å². The van der Waals surface area contributed by atoms with E-state index in [9.17, 15) is 13.6 Å². The van der Waals surface area contributed by atoms with Crippen molar-refractivity contribution in [3.63, 3.8) is 0 Å². The van der Waals surface area contributed by atoms with E-state index < -0.39 is 17.7 Å². The Labute approximate surface area is 151 Å². The molecule has 1 unspecified atom stereocenters. The van der Waals surface area contributed by atoms with E-state index in [4.69, 9.17) is 11.6 Å². The summed E-state index contributed by atoms with van der Waals surface area (Å²) in [6, 6.07) is 7.57. The van der Waals surface area contributed by atoms with Gasteiger partial charge in [0.15, 0.2) is 0 Å². The number of carbonyl (C=O) groups excluding carboxylic acids is 1. The molecule has 1 amide bonds. The fourth-order valence-electron chi connectivity index (χ4n) is 2.86. The average Bonchev–Trinajstić information content (AvgIpc) is 2.90. The number of benzene rings is 2. The van der Waals surface area contributed by atoms with E-state index >= 15 is 0 Å². The van der Waals surface area contributed by atoms with E-state index in [1.54, 1.807) is 18.2 Å². The van der Waals surface area contributed by atoms with Gasteiger partial charge < -0.3 is 4.90 Å². The molecule has 1 atom stereocenters. The summed E-state index contributed by atoms with van der Waals surface area (Å²) in [7, 11) is 0. The molecule has 1 aliphatic rings. The molecule has 1 aliphatic heterocycles. The largest absolute Gasteiger partial charge is 0.326 e. The van der Waals surface area contributed by atoms with Crippen LogP contribution in [0.1, 0.15) is 33.9 Å². The lowest BCUT2D eigenvalue weighted by molar-refractivity contribution is 0.0701. The molecule has 2 nitrogen and oxygen atoms in total. The summed E-state index contributed by atoms with van der Waals surface area (Å²) in [5, 5.41) is 0.480. The number of fused-ring (bicyclic) bond motifs is 1. The van der Waals surface area contributed by atoms with Gasteiger partial charge >= 0.3 is 0 Å². The number of nitrogens with zero attached hydrogens (tertiary/aromatic N) is 1. The molecular weight excluding hydrogens is 400 g/mol. The Hall–Kier alpha value is -1.90. The van der Waals surface area contributed by atoms with E-state index in [2.05, 4.69) is 26.7 Å². The minimum atomic E-state index is -0.707. The minimum Gasteiger partial charge on any atom is -0.326 e. The maximum absolute atomic E-state index is 14.2. The normalized spacial score (nSPS) is 14.2. The molecule has 0 spiro atoms. The second-order valence-corrected chi connectivity index (χ2v) is 6.16. The van der Waals surface area contributed by atoms with Crippen LogP contribution >= 0.6 is 27.5 Å². The minimum absolute atomic E-state index is 0.0996. The summed E-state index contributed by atoms with van der Waals surface area (Å²) in [5.41, 5.74) is 1.27. The van der Waals surface area contributed by atoms with Gasteiger partial charge in [0.05, 0.1) is 6.04 Å². The summed E-state index contributed by atoms with van der Waals surface area (Å²) in [4.78, 5) is 16.7. The maximum atomic E-state index is 14.2. The Kier molecular flexibility index (Phi) is 4.88. The van der Waals surface area contributed by atoms with Crippen molar-refractivity contribution in [3.05, 3.63) is 69.7 Å². The van der Waals surface area contributed by atoms with Gasteiger partial charge in [-0.25, -0.2) is 8.78 Å². The number of carbonyl (C=O) groups is 1. The molecule has 0 aliphatic carbocycles. The zero-order valence-electron chi connectivity index (χ0n) is 12.3. The molecule has 0 radical (unpaired) electrons. The van der Waals surface area contributed by atoms with Crippen molar-refractivity contribution >= 4 is 33.4 Å². The van der Waals surface area contributed by atoms with Crippen LogP contribution in [0.3, 0.4) is 0 Å². The van der Waals surface area contributed by atoms with E-state index in [0.29, 0.717) is 16.1 Å². The van der Waals surface area contributed by atoms with Crippen molar-refractivity contribution in [1.29, 1.82) is 0 Å². The number of halogens is 4. The number of rotatable bonds is 3. The fourth-order valence-corrected chi connectivity index (χ4v) is 3.26. The average molecular weight is 411 g/mol. The number of amides is 1. The van der Waals surface area contributed by atoms with Gasteiger partial charge in [-0.3, -0.25) is 4.79 Å². The first-order chi connectivity index (χ1) is 11.5. The molecular formula is C18H11BrClF2NO. The summed E-state index contributed by atoms with van der Waals surface area (Å²) in [6.07, 6.45) is 0.170. The number of hydrogen-bond acceptors (Lipinski definition) is 1. The molecule has 122 valence electrons. The molecule has 6 heteroatoms. The van der Waals surface area contributed by atoms with E-state index in [1.165, 1.54) is 4.90 Å². The lowest BCUT2D eigenvalue weighted by Gasteiger charge is -2.27. The van der Waals surface area contributed by atoms with Crippen LogP contribution < -0.4 is 0 Å². The van der Waals surface area contributed by atoms with E-state index in [-0.39, 0.29) is 24.4 Å². The molecule has 3 rings (SSSR count). The lowest BCUT2D eigenvalue weighted by atomic mass is 10.0. The third kappa shape index (κ3) is 3.04. The molecule has 0 bridgehead atoms. The highest BCUT2D eigenvalue weighted by atomic mass is 79.9. The quantitative estimate of drug-likeness (QED) is 0.648. The van der Waals surface area contributed by atoms with Crippen LogP contribution in [0.15, 0.2) is 36.4 Å². The molecule has 0 fully saturated rings. The van der Waals surface area contributed by atoms with Crippen molar-refractivity contribution in [2.45, 2.75) is 19.0 Å².